The van der Waals surface area contributed by atoms with Crippen molar-refractivity contribution in [3.05, 3.63) is 52.6 Å². The second-order valence-electron chi connectivity index (χ2n) is 10.1. The maximum absolute atomic E-state index is 13.1. The minimum absolute atomic E-state index is 0.0101. The Hall–Kier alpha value is -4.28. The Morgan fingerprint density at radius 2 is 1.82 bits per heavy atom. The predicted octanol–water partition coefficient (Wildman–Crippen LogP) is 3.49. The van der Waals surface area contributed by atoms with Gasteiger partial charge in [-0.15, -0.1) is 0 Å². The van der Waals surface area contributed by atoms with E-state index in [-0.39, 0.29) is 59.7 Å². The highest BCUT2D eigenvalue weighted by Gasteiger charge is 2.50. The fourth-order valence-corrected chi connectivity index (χ4v) is 5.63. The molecule has 0 aromatic heterocycles. The number of fused-ring (bicyclic) bond motifs is 1. The van der Waals surface area contributed by atoms with Gasteiger partial charge >= 0.3 is 5.97 Å². The van der Waals surface area contributed by atoms with E-state index in [0.717, 1.165) is 6.42 Å². The van der Waals surface area contributed by atoms with E-state index in [4.69, 9.17) is 9.47 Å². The van der Waals surface area contributed by atoms with Crippen LogP contribution in [0, 0.1) is 33.8 Å². The molecule has 0 N–H and O–H groups in total. The number of methoxy groups -OCH3 is 1. The van der Waals surface area contributed by atoms with E-state index in [1.54, 1.807) is 18.2 Å². The molecule has 3 aliphatic rings. The highest BCUT2D eigenvalue weighted by atomic mass is 16.6. The van der Waals surface area contributed by atoms with E-state index < -0.39 is 16.8 Å². The van der Waals surface area contributed by atoms with Crippen molar-refractivity contribution in [2.45, 2.75) is 32.6 Å². The number of carbonyl (C=O) groups excluding carboxylic acids is 4. The maximum Gasteiger partial charge on any atom is 0.316 e. The van der Waals surface area contributed by atoms with Gasteiger partial charge in [-0.25, -0.2) is 4.90 Å². The first-order valence-electron chi connectivity index (χ1n) is 12.5. The SMILES string of the molecule is COc1cc([N+](=O)[O-])ccc1N1C[C@H](C(=O)Oc2cccc(N3C(=O)[C@@H]4CC[C@H](C)C[C@H]4C3=O)c2)CC1=O. The number of carbonyl (C=O) groups is 4. The molecule has 0 bridgehead atoms. The van der Waals surface area contributed by atoms with E-state index in [1.165, 1.54) is 41.2 Å². The van der Waals surface area contributed by atoms with Gasteiger partial charge in [-0.2, -0.15) is 0 Å². The number of imide groups is 1. The third-order valence-corrected chi connectivity index (χ3v) is 7.61. The number of amides is 3. The lowest BCUT2D eigenvalue weighted by molar-refractivity contribution is -0.384. The Kier molecular flexibility index (Phi) is 6.60. The molecule has 1 saturated carbocycles. The third-order valence-electron chi connectivity index (χ3n) is 7.61. The normalized spacial score (nSPS) is 24.9. The van der Waals surface area contributed by atoms with Gasteiger partial charge in [0.15, 0.2) is 0 Å². The number of nitrogens with zero attached hydrogens (tertiary/aromatic N) is 3. The molecule has 0 unspecified atom stereocenters. The van der Waals surface area contributed by atoms with Crippen LogP contribution in [0.3, 0.4) is 0 Å². The Morgan fingerprint density at radius 1 is 1.05 bits per heavy atom. The molecule has 0 radical (unpaired) electrons. The summed E-state index contributed by atoms with van der Waals surface area (Å²) in [6.07, 6.45) is 2.18. The summed E-state index contributed by atoms with van der Waals surface area (Å²) in [6.45, 7) is 2.10. The quantitative estimate of drug-likeness (QED) is 0.185. The lowest BCUT2D eigenvalue weighted by Crippen LogP contribution is -2.31. The van der Waals surface area contributed by atoms with E-state index in [0.29, 0.717) is 30.1 Å². The largest absolute Gasteiger partial charge is 0.494 e. The van der Waals surface area contributed by atoms with Crippen LogP contribution in [0.1, 0.15) is 32.6 Å². The van der Waals surface area contributed by atoms with Gasteiger partial charge in [-0.05, 0) is 43.4 Å². The molecule has 1 aliphatic carbocycles. The summed E-state index contributed by atoms with van der Waals surface area (Å²) in [4.78, 5) is 64.8. The number of benzene rings is 2. The van der Waals surface area contributed by atoms with Crippen LogP contribution in [-0.2, 0) is 19.2 Å². The second kappa shape index (κ2) is 9.88. The third kappa shape index (κ3) is 4.48. The van der Waals surface area contributed by atoms with Crippen LogP contribution in [0.2, 0.25) is 0 Å². The van der Waals surface area contributed by atoms with Crippen molar-refractivity contribution in [2.75, 3.05) is 23.5 Å². The predicted molar refractivity (Wildman–Crippen MR) is 135 cm³/mol. The van der Waals surface area contributed by atoms with Crippen molar-refractivity contribution in [2.24, 2.45) is 23.7 Å². The molecule has 2 heterocycles. The van der Waals surface area contributed by atoms with Gasteiger partial charge in [0.2, 0.25) is 17.7 Å². The Balaban J connectivity index is 1.30. The van der Waals surface area contributed by atoms with Crippen LogP contribution >= 0.6 is 0 Å². The first-order valence-corrected chi connectivity index (χ1v) is 12.5. The van der Waals surface area contributed by atoms with E-state index >= 15 is 0 Å². The van der Waals surface area contributed by atoms with E-state index in [1.807, 2.05) is 0 Å². The average Bonchev–Trinajstić information content (AvgIpc) is 3.40. The molecule has 4 atom stereocenters. The van der Waals surface area contributed by atoms with Gasteiger partial charge in [0.1, 0.15) is 11.5 Å². The van der Waals surface area contributed by atoms with E-state index in [2.05, 4.69) is 6.92 Å². The van der Waals surface area contributed by atoms with Crippen molar-refractivity contribution in [3.8, 4) is 11.5 Å². The number of hydrogen-bond donors (Lipinski definition) is 0. The van der Waals surface area contributed by atoms with Crippen molar-refractivity contribution in [1.29, 1.82) is 0 Å². The average molecular weight is 522 g/mol. The molecule has 2 aromatic carbocycles. The molecule has 3 fully saturated rings. The Bertz CT molecular complexity index is 1340. The van der Waals surface area contributed by atoms with Gasteiger partial charge in [-0.3, -0.25) is 29.3 Å². The molecule has 11 heteroatoms. The zero-order chi connectivity index (χ0) is 27.1. The smallest absolute Gasteiger partial charge is 0.316 e. The summed E-state index contributed by atoms with van der Waals surface area (Å²) in [5.74, 6) is -2.14. The topological polar surface area (TPSA) is 136 Å². The lowest BCUT2D eigenvalue weighted by atomic mass is 9.76. The summed E-state index contributed by atoms with van der Waals surface area (Å²) in [6, 6.07) is 10.2. The Labute approximate surface area is 218 Å². The van der Waals surface area contributed by atoms with Crippen molar-refractivity contribution < 1.29 is 33.6 Å². The number of nitro groups is 1. The molecule has 198 valence electrons. The first-order chi connectivity index (χ1) is 18.2. The molecule has 3 amide bonds. The zero-order valence-electron chi connectivity index (χ0n) is 21.0. The molecule has 11 nitrogen and oxygen atoms in total. The van der Waals surface area contributed by atoms with Crippen LogP contribution in [0.25, 0.3) is 0 Å². The summed E-state index contributed by atoms with van der Waals surface area (Å²) in [5, 5.41) is 11.1. The minimum atomic E-state index is -0.787. The number of esters is 1. The number of anilines is 2. The maximum atomic E-state index is 13.1. The van der Waals surface area contributed by atoms with Crippen molar-refractivity contribution in [3.63, 3.8) is 0 Å². The van der Waals surface area contributed by atoms with Crippen LogP contribution in [0.4, 0.5) is 17.1 Å². The highest BCUT2D eigenvalue weighted by molar-refractivity contribution is 6.22. The summed E-state index contributed by atoms with van der Waals surface area (Å²) in [5.41, 5.74) is 0.492. The molecule has 38 heavy (non-hydrogen) atoms. The van der Waals surface area contributed by atoms with Crippen LogP contribution in [0.5, 0.6) is 11.5 Å². The second-order valence-corrected chi connectivity index (χ2v) is 10.1. The zero-order valence-corrected chi connectivity index (χ0v) is 21.0. The number of rotatable bonds is 6. The monoisotopic (exact) mass is 521 g/mol. The number of nitro benzene ring substituents is 1. The number of non-ortho nitro benzene ring substituents is 1. The van der Waals surface area contributed by atoms with Crippen molar-refractivity contribution >= 4 is 40.8 Å². The lowest BCUT2D eigenvalue weighted by Gasteiger charge is -2.25. The van der Waals surface area contributed by atoms with Crippen LogP contribution in [-0.4, -0.2) is 42.3 Å². The molecule has 2 aromatic rings. The van der Waals surface area contributed by atoms with Crippen molar-refractivity contribution in [1.82, 2.24) is 0 Å². The molecular weight excluding hydrogens is 494 g/mol. The summed E-state index contributed by atoms with van der Waals surface area (Å²) >= 11 is 0. The molecule has 2 aliphatic heterocycles. The number of hydrogen-bond acceptors (Lipinski definition) is 8. The fourth-order valence-electron chi connectivity index (χ4n) is 5.63. The Morgan fingerprint density at radius 3 is 2.55 bits per heavy atom. The van der Waals surface area contributed by atoms with Gasteiger partial charge in [0.25, 0.3) is 5.69 Å². The van der Waals surface area contributed by atoms with Gasteiger partial charge in [0.05, 0.1) is 47.2 Å². The fraction of sp³-hybridized carbons (Fsp3) is 0.407. The minimum Gasteiger partial charge on any atom is -0.494 e. The summed E-state index contributed by atoms with van der Waals surface area (Å²) < 4.78 is 10.8. The first kappa shape index (κ1) is 25.4. The van der Waals surface area contributed by atoms with Gasteiger partial charge < -0.3 is 14.4 Å². The van der Waals surface area contributed by atoms with E-state index in [9.17, 15) is 29.3 Å². The van der Waals surface area contributed by atoms with Crippen LogP contribution in [0.15, 0.2) is 42.5 Å². The standard InChI is InChI=1S/C27H27N3O8/c1-15-6-8-20-21(10-15)26(33)29(25(20)32)17-4-3-5-19(12-17)38-27(34)16-11-24(31)28(14-16)22-9-7-18(30(35)36)13-23(22)37-2/h3-5,7,9,12-13,15-16,20-21H,6,8,10-11,14H2,1-2H3/t15-,16+,20+,21+/m0/s1. The summed E-state index contributed by atoms with van der Waals surface area (Å²) in [7, 11) is 1.34. The molecule has 5 rings (SSSR count). The van der Waals surface area contributed by atoms with Gasteiger partial charge in [-0.1, -0.05) is 13.0 Å². The molecular formula is C27H27N3O8. The molecule has 0 spiro atoms. The van der Waals surface area contributed by atoms with Crippen LogP contribution < -0.4 is 19.3 Å². The molecule has 2 saturated heterocycles. The number of ether oxygens (including phenoxy) is 2. The van der Waals surface area contributed by atoms with Gasteiger partial charge in [0, 0.05) is 25.1 Å². The highest BCUT2D eigenvalue weighted by Crippen LogP contribution is 2.43.